The monoisotopic (exact) mass is 320 g/mol. The number of halogens is 2. The summed E-state index contributed by atoms with van der Waals surface area (Å²) in [4.78, 5) is 12.2. The van der Waals surface area contributed by atoms with E-state index >= 15 is 0 Å². The highest BCUT2D eigenvalue weighted by Crippen LogP contribution is 2.27. The zero-order valence-electron chi connectivity index (χ0n) is 10.8. The standard InChI is InChI=1S/C15H10Cl2N2O2/c16-11-5-6-14(12(17)7-11)21-9-15(20)19-13-4-2-1-3-10(13)8-18-19/h1-8H,9H2. The molecule has 0 saturated carbocycles. The Bertz CT molecular complexity index is 814. The van der Waals surface area contributed by atoms with Crippen LogP contribution in [0.5, 0.6) is 5.75 Å². The number of benzene rings is 2. The summed E-state index contributed by atoms with van der Waals surface area (Å²) < 4.78 is 6.74. The molecule has 0 aliphatic carbocycles. The first kappa shape index (κ1) is 13.9. The summed E-state index contributed by atoms with van der Waals surface area (Å²) in [6.45, 7) is -0.160. The third-order valence-electron chi connectivity index (χ3n) is 2.96. The summed E-state index contributed by atoms with van der Waals surface area (Å²) >= 11 is 11.8. The molecule has 21 heavy (non-hydrogen) atoms. The highest BCUT2D eigenvalue weighted by Gasteiger charge is 2.12. The van der Waals surface area contributed by atoms with Gasteiger partial charge in [0, 0.05) is 10.4 Å². The van der Waals surface area contributed by atoms with Gasteiger partial charge in [0.15, 0.2) is 6.61 Å². The van der Waals surface area contributed by atoms with E-state index in [1.54, 1.807) is 24.4 Å². The van der Waals surface area contributed by atoms with Crippen LogP contribution in [0, 0.1) is 0 Å². The molecule has 0 fully saturated rings. The van der Waals surface area contributed by atoms with Crippen LogP contribution >= 0.6 is 23.2 Å². The van der Waals surface area contributed by atoms with Gasteiger partial charge in [-0.25, -0.2) is 0 Å². The van der Waals surface area contributed by atoms with Crippen LogP contribution < -0.4 is 4.74 Å². The van der Waals surface area contributed by atoms with Crippen molar-refractivity contribution in [1.82, 2.24) is 9.78 Å². The average molecular weight is 321 g/mol. The first-order chi connectivity index (χ1) is 10.1. The van der Waals surface area contributed by atoms with Gasteiger partial charge in [-0.1, -0.05) is 41.4 Å². The van der Waals surface area contributed by atoms with Crippen molar-refractivity contribution in [2.75, 3.05) is 6.61 Å². The van der Waals surface area contributed by atoms with Crippen molar-refractivity contribution < 1.29 is 9.53 Å². The summed E-state index contributed by atoms with van der Waals surface area (Å²) in [6, 6.07) is 12.3. The average Bonchev–Trinajstić information content (AvgIpc) is 2.90. The van der Waals surface area contributed by atoms with Gasteiger partial charge < -0.3 is 4.74 Å². The molecule has 6 heteroatoms. The smallest absolute Gasteiger partial charge is 0.285 e. The van der Waals surface area contributed by atoms with Crippen LogP contribution in [0.4, 0.5) is 0 Å². The summed E-state index contributed by atoms with van der Waals surface area (Å²) in [5.74, 6) is 0.132. The SMILES string of the molecule is O=C(COc1ccc(Cl)cc1Cl)n1ncc2ccccc21. The molecular weight excluding hydrogens is 311 g/mol. The maximum Gasteiger partial charge on any atom is 0.285 e. The van der Waals surface area contributed by atoms with E-state index < -0.39 is 0 Å². The Morgan fingerprint density at radius 2 is 2.00 bits per heavy atom. The Kier molecular flexibility index (Phi) is 3.82. The Balaban J connectivity index is 1.77. The minimum atomic E-state index is -0.276. The number of para-hydroxylation sites is 1. The summed E-state index contributed by atoms with van der Waals surface area (Å²) in [5.41, 5.74) is 0.744. The molecule has 0 radical (unpaired) electrons. The molecule has 2 aromatic carbocycles. The molecule has 0 saturated heterocycles. The van der Waals surface area contributed by atoms with E-state index in [9.17, 15) is 4.79 Å². The van der Waals surface area contributed by atoms with E-state index in [0.29, 0.717) is 15.8 Å². The second-order valence-electron chi connectivity index (χ2n) is 4.37. The van der Waals surface area contributed by atoms with Crippen LogP contribution in [0.25, 0.3) is 10.9 Å². The molecule has 3 rings (SSSR count). The van der Waals surface area contributed by atoms with Gasteiger partial charge in [-0.2, -0.15) is 9.78 Å². The molecule has 0 aliphatic heterocycles. The minimum Gasteiger partial charge on any atom is -0.482 e. The zero-order chi connectivity index (χ0) is 14.8. The molecule has 0 amide bonds. The van der Waals surface area contributed by atoms with Crippen LogP contribution in [0.2, 0.25) is 10.0 Å². The number of carbonyl (C=O) groups is 1. The summed E-state index contributed by atoms with van der Waals surface area (Å²) in [6.07, 6.45) is 1.64. The van der Waals surface area contributed by atoms with Gasteiger partial charge in [0.1, 0.15) is 5.75 Å². The lowest BCUT2D eigenvalue weighted by Gasteiger charge is -2.08. The first-order valence-corrected chi connectivity index (χ1v) is 6.94. The summed E-state index contributed by atoms with van der Waals surface area (Å²) in [7, 11) is 0. The Morgan fingerprint density at radius 3 is 2.81 bits per heavy atom. The van der Waals surface area contributed by atoms with Gasteiger partial charge in [-0.05, 0) is 24.3 Å². The Morgan fingerprint density at radius 1 is 1.19 bits per heavy atom. The first-order valence-electron chi connectivity index (χ1n) is 6.19. The number of carbonyl (C=O) groups excluding carboxylic acids is 1. The quantitative estimate of drug-likeness (QED) is 0.730. The third-order valence-corrected chi connectivity index (χ3v) is 3.49. The van der Waals surface area contributed by atoms with Gasteiger partial charge in [0.25, 0.3) is 5.91 Å². The van der Waals surface area contributed by atoms with Crippen LogP contribution in [0.15, 0.2) is 48.7 Å². The van der Waals surface area contributed by atoms with Crippen molar-refractivity contribution in [2.24, 2.45) is 0 Å². The predicted molar refractivity (Wildman–Crippen MR) is 82.3 cm³/mol. The number of nitrogens with zero attached hydrogens (tertiary/aromatic N) is 2. The fourth-order valence-electron chi connectivity index (χ4n) is 1.96. The molecule has 106 valence electrons. The maximum atomic E-state index is 12.2. The van der Waals surface area contributed by atoms with Crippen LogP contribution in [0.1, 0.15) is 4.79 Å². The van der Waals surface area contributed by atoms with E-state index in [4.69, 9.17) is 27.9 Å². The molecule has 0 atom stereocenters. The third kappa shape index (κ3) is 2.86. The van der Waals surface area contributed by atoms with Crippen molar-refractivity contribution in [3.63, 3.8) is 0 Å². The van der Waals surface area contributed by atoms with Crippen molar-refractivity contribution in [3.8, 4) is 5.75 Å². The van der Waals surface area contributed by atoms with E-state index in [0.717, 1.165) is 10.9 Å². The van der Waals surface area contributed by atoms with Crippen molar-refractivity contribution in [3.05, 3.63) is 58.7 Å². The van der Waals surface area contributed by atoms with Gasteiger partial charge in [-0.3, -0.25) is 4.79 Å². The van der Waals surface area contributed by atoms with E-state index in [-0.39, 0.29) is 12.5 Å². The number of rotatable bonds is 3. The van der Waals surface area contributed by atoms with E-state index in [2.05, 4.69) is 5.10 Å². The van der Waals surface area contributed by atoms with Crippen LogP contribution in [0.3, 0.4) is 0 Å². The van der Waals surface area contributed by atoms with Crippen LogP contribution in [-0.4, -0.2) is 22.3 Å². The van der Waals surface area contributed by atoms with Crippen molar-refractivity contribution in [2.45, 2.75) is 0 Å². The van der Waals surface area contributed by atoms with Gasteiger partial charge in [0.2, 0.25) is 0 Å². The lowest BCUT2D eigenvalue weighted by Crippen LogP contribution is -2.20. The molecule has 0 bridgehead atoms. The maximum absolute atomic E-state index is 12.2. The fourth-order valence-corrected chi connectivity index (χ4v) is 2.43. The van der Waals surface area contributed by atoms with Crippen LogP contribution in [-0.2, 0) is 0 Å². The number of fused-ring (bicyclic) bond motifs is 1. The molecular formula is C15H10Cl2N2O2. The summed E-state index contributed by atoms with van der Waals surface area (Å²) in [5, 5.41) is 5.85. The lowest BCUT2D eigenvalue weighted by molar-refractivity contribution is 0.0827. The van der Waals surface area contributed by atoms with E-state index in [1.807, 2.05) is 24.3 Å². The number of aromatic nitrogens is 2. The second-order valence-corrected chi connectivity index (χ2v) is 5.22. The largest absolute Gasteiger partial charge is 0.482 e. The second kappa shape index (κ2) is 5.76. The number of hydrogen-bond acceptors (Lipinski definition) is 3. The predicted octanol–water partition coefficient (Wildman–Crippen LogP) is 4.06. The van der Waals surface area contributed by atoms with Gasteiger partial charge >= 0.3 is 0 Å². The van der Waals surface area contributed by atoms with Gasteiger partial charge in [0.05, 0.1) is 16.7 Å². The Hall–Kier alpha value is -2.04. The molecule has 0 spiro atoms. The molecule has 4 nitrogen and oxygen atoms in total. The molecule has 1 aromatic heterocycles. The molecule has 3 aromatic rings. The highest BCUT2D eigenvalue weighted by molar-refractivity contribution is 6.35. The molecule has 0 N–H and O–H groups in total. The molecule has 1 heterocycles. The molecule has 0 aliphatic rings. The number of ether oxygens (including phenoxy) is 1. The topological polar surface area (TPSA) is 44.1 Å². The van der Waals surface area contributed by atoms with Gasteiger partial charge in [-0.15, -0.1) is 0 Å². The fraction of sp³-hybridized carbons (Fsp3) is 0.0667. The van der Waals surface area contributed by atoms with Crippen molar-refractivity contribution in [1.29, 1.82) is 0 Å². The number of hydrogen-bond donors (Lipinski definition) is 0. The zero-order valence-corrected chi connectivity index (χ0v) is 12.3. The normalized spacial score (nSPS) is 10.8. The van der Waals surface area contributed by atoms with E-state index in [1.165, 1.54) is 4.68 Å². The Labute approximate surface area is 130 Å². The lowest BCUT2D eigenvalue weighted by atomic mass is 10.2. The molecule has 0 unspecified atom stereocenters. The highest BCUT2D eigenvalue weighted by atomic mass is 35.5. The minimum absolute atomic E-state index is 0.160. The van der Waals surface area contributed by atoms with Crippen molar-refractivity contribution >= 4 is 40.0 Å².